The van der Waals surface area contributed by atoms with Crippen LogP contribution < -0.4 is 10.6 Å². The molecular weight excluding hydrogens is 823 g/mol. The van der Waals surface area contributed by atoms with Crippen molar-refractivity contribution in [2.45, 2.75) is 23.2 Å². The van der Waals surface area contributed by atoms with Crippen molar-refractivity contribution in [3.63, 3.8) is 0 Å². The van der Waals surface area contributed by atoms with Crippen LogP contribution in [-0.4, -0.2) is 5.84 Å². The Morgan fingerprint density at radius 3 is 1.37 bits per heavy atom. The van der Waals surface area contributed by atoms with Crippen molar-refractivity contribution < 1.29 is 0 Å². The maximum absolute atomic E-state index is 5.43. The number of nitrogens with one attached hydrogen (secondary N) is 2. The molecule has 10 aromatic rings. The van der Waals surface area contributed by atoms with Crippen LogP contribution in [0.15, 0.2) is 254 Å². The third-order valence-electron chi connectivity index (χ3n) is 15.3. The first-order chi connectivity index (χ1) is 33.7. The molecular formula is C65H45N3. The number of benzene rings is 10. The standard InChI is InChI=1S/C65H45N3/c1-5-20-42(21-6-1)61-66-62(43-22-7-2-8-23-43)68-63(67-61)45-37-39-52-51-38-36-44(40-58(51)65(59(52)41-45)54-32-16-13-28-49(54)50-29-14-17-33-55(50)65)48-31-19-35-57-60(48)53-30-15-18-34-56(53)64(57,46-24-9-3-10-25-46)47-26-11-4-12-27-47/h1-41,61-62,66H,(H,67,68). The van der Waals surface area contributed by atoms with Gasteiger partial charge in [-0.1, -0.05) is 237 Å². The molecule has 0 bridgehead atoms. The molecule has 1 aliphatic heterocycles. The molecule has 10 aromatic carbocycles. The molecule has 3 heteroatoms. The number of fused-ring (bicyclic) bond motifs is 13. The van der Waals surface area contributed by atoms with Gasteiger partial charge in [-0.15, -0.1) is 0 Å². The lowest BCUT2D eigenvalue weighted by Crippen LogP contribution is -2.45. The summed E-state index contributed by atoms with van der Waals surface area (Å²) in [5.74, 6) is 0.874. The lowest BCUT2D eigenvalue weighted by Gasteiger charge is -2.34. The molecule has 3 aliphatic carbocycles. The Labute approximate surface area is 397 Å². The first kappa shape index (κ1) is 38.9. The summed E-state index contributed by atoms with van der Waals surface area (Å²) >= 11 is 0. The van der Waals surface area contributed by atoms with Crippen LogP contribution in [0.5, 0.6) is 0 Å². The molecule has 0 saturated heterocycles. The number of amidine groups is 1. The zero-order valence-corrected chi connectivity index (χ0v) is 37.3. The Morgan fingerprint density at radius 2 is 0.765 bits per heavy atom. The van der Waals surface area contributed by atoms with Crippen LogP contribution in [0.3, 0.4) is 0 Å². The lowest BCUT2D eigenvalue weighted by atomic mass is 9.67. The van der Waals surface area contributed by atoms with Crippen molar-refractivity contribution >= 4 is 5.84 Å². The van der Waals surface area contributed by atoms with Crippen LogP contribution in [-0.2, 0) is 10.8 Å². The fraction of sp³-hybridized carbons (Fsp3) is 0.0615. The van der Waals surface area contributed by atoms with Crippen molar-refractivity contribution in [1.29, 1.82) is 0 Å². The number of aliphatic imine (C=N–C) groups is 1. The van der Waals surface area contributed by atoms with Crippen molar-refractivity contribution in [1.82, 2.24) is 10.6 Å². The molecule has 0 fully saturated rings. The highest BCUT2D eigenvalue weighted by molar-refractivity contribution is 6.03. The van der Waals surface area contributed by atoms with Crippen LogP contribution in [0.2, 0.25) is 0 Å². The average Bonchev–Trinajstić information content (AvgIpc) is 4.01. The summed E-state index contributed by atoms with van der Waals surface area (Å²) in [5, 5.41) is 7.64. The Hall–Kier alpha value is -8.37. The maximum atomic E-state index is 5.43. The Kier molecular flexibility index (Phi) is 8.62. The van der Waals surface area contributed by atoms with Gasteiger partial charge in [-0.2, -0.15) is 0 Å². The summed E-state index contributed by atoms with van der Waals surface area (Å²) < 4.78 is 0. The minimum absolute atomic E-state index is 0.135. The minimum Gasteiger partial charge on any atom is -0.350 e. The van der Waals surface area contributed by atoms with Crippen LogP contribution in [0.25, 0.3) is 44.5 Å². The van der Waals surface area contributed by atoms with Gasteiger partial charge >= 0.3 is 0 Å². The Bertz CT molecular complexity index is 3550. The fourth-order valence-corrected chi connectivity index (χ4v) is 12.5. The minimum atomic E-state index is -0.567. The van der Waals surface area contributed by atoms with E-state index < -0.39 is 10.8 Å². The van der Waals surface area contributed by atoms with Crippen molar-refractivity contribution in [2.24, 2.45) is 4.99 Å². The van der Waals surface area contributed by atoms with E-state index in [1.807, 2.05) is 0 Å². The van der Waals surface area contributed by atoms with Gasteiger partial charge in [0.2, 0.25) is 0 Å². The highest BCUT2D eigenvalue weighted by Crippen LogP contribution is 2.64. The topological polar surface area (TPSA) is 36.4 Å². The van der Waals surface area contributed by atoms with E-state index >= 15 is 0 Å². The summed E-state index contributed by atoms with van der Waals surface area (Å²) in [5.41, 5.74) is 22.8. The molecule has 1 spiro atoms. The summed E-state index contributed by atoms with van der Waals surface area (Å²) in [7, 11) is 0. The number of nitrogens with zero attached hydrogens (tertiary/aromatic N) is 1. The number of rotatable bonds is 6. The molecule has 2 N–H and O–H groups in total. The van der Waals surface area contributed by atoms with E-state index in [0.717, 1.165) is 22.5 Å². The van der Waals surface area contributed by atoms with E-state index in [2.05, 4.69) is 259 Å². The molecule has 3 nitrogen and oxygen atoms in total. The quantitative estimate of drug-likeness (QED) is 0.175. The van der Waals surface area contributed by atoms with Gasteiger partial charge in [0.1, 0.15) is 18.2 Å². The van der Waals surface area contributed by atoms with E-state index in [-0.39, 0.29) is 12.3 Å². The van der Waals surface area contributed by atoms with Gasteiger partial charge in [0, 0.05) is 5.56 Å². The van der Waals surface area contributed by atoms with Crippen molar-refractivity contribution in [3.8, 4) is 44.5 Å². The van der Waals surface area contributed by atoms with Crippen LogP contribution in [0.4, 0.5) is 0 Å². The Morgan fingerprint density at radius 1 is 0.324 bits per heavy atom. The zero-order valence-electron chi connectivity index (χ0n) is 37.3. The maximum Gasteiger partial charge on any atom is 0.131 e. The van der Waals surface area contributed by atoms with E-state index in [9.17, 15) is 0 Å². The van der Waals surface area contributed by atoms with Gasteiger partial charge in [-0.25, -0.2) is 4.99 Å². The van der Waals surface area contributed by atoms with Crippen molar-refractivity contribution in [2.75, 3.05) is 0 Å². The molecule has 0 amide bonds. The molecule has 0 saturated carbocycles. The molecule has 0 aromatic heterocycles. The second kappa shape index (κ2) is 15.1. The predicted molar refractivity (Wildman–Crippen MR) is 277 cm³/mol. The SMILES string of the molecule is c1ccc(C2N=C(c3ccc4c(c3)C3(c5ccccc5-c5ccccc53)c3cc(-c5cccc6c5-c5ccccc5C6(c5ccccc5)c5ccccc5)ccc3-4)NC(c3ccccc3)N2)cc1. The third-order valence-corrected chi connectivity index (χ3v) is 15.3. The van der Waals surface area contributed by atoms with E-state index in [1.54, 1.807) is 0 Å². The van der Waals surface area contributed by atoms with Gasteiger partial charge in [-0.05, 0) is 112 Å². The second-order valence-corrected chi connectivity index (χ2v) is 18.6. The van der Waals surface area contributed by atoms with Gasteiger partial charge in [0.25, 0.3) is 0 Å². The summed E-state index contributed by atoms with van der Waals surface area (Å²) in [6.07, 6.45) is -0.364. The predicted octanol–water partition coefficient (Wildman–Crippen LogP) is 14.4. The monoisotopic (exact) mass is 867 g/mol. The summed E-state index contributed by atoms with van der Waals surface area (Å²) in [4.78, 5) is 5.43. The molecule has 2 unspecified atom stereocenters. The number of hydrogen-bond donors (Lipinski definition) is 2. The van der Waals surface area contributed by atoms with Gasteiger partial charge in [0.05, 0.1) is 10.8 Å². The van der Waals surface area contributed by atoms with Crippen LogP contribution in [0, 0.1) is 0 Å². The normalized spacial score (nSPS) is 17.2. The first-order valence-corrected chi connectivity index (χ1v) is 23.8. The molecule has 14 rings (SSSR count). The summed E-state index contributed by atoms with van der Waals surface area (Å²) in [6.45, 7) is 0. The van der Waals surface area contributed by atoms with E-state index in [0.29, 0.717) is 0 Å². The molecule has 2 atom stereocenters. The molecule has 1 heterocycles. The van der Waals surface area contributed by atoms with Crippen LogP contribution in [0.1, 0.15) is 73.5 Å². The van der Waals surface area contributed by atoms with Crippen molar-refractivity contribution in [3.05, 3.63) is 310 Å². The van der Waals surface area contributed by atoms with E-state index in [4.69, 9.17) is 4.99 Å². The largest absolute Gasteiger partial charge is 0.350 e. The van der Waals surface area contributed by atoms with Gasteiger partial charge < -0.3 is 5.32 Å². The Balaban J connectivity index is 0.993. The highest BCUT2D eigenvalue weighted by Gasteiger charge is 2.52. The average molecular weight is 868 g/mol. The van der Waals surface area contributed by atoms with Gasteiger partial charge in [-0.3, -0.25) is 5.32 Å². The van der Waals surface area contributed by atoms with Crippen LogP contribution >= 0.6 is 0 Å². The van der Waals surface area contributed by atoms with Gasteiger partial charge in [0.15, 0.2) is 0 Å². The van der Waals surface area contributed by atoms with E-state index in [1.165, 1.54) is 89.0 Å². The zero-order chi connectivity index (χ0) is 44.8. The number of hydrogen-bond acceptors (Lipinski definition) is 3. The highest BCUT2D eigenvalue weighted by atomic mass is 15.3. The fourth-order valence-electron chi connectivity index (χ4n) is 12.5. The molecule has 320 valence electrons. The summed E-state index contributed by atoms with van der Waals surface area (Å²) in [6, 6.07) is 92.1. The molecule has 0 radical (unpaired) electrons. The third kappa shape index (κ3) is 5.42. The first-order valence-electron chi connectivity index (χ1n) is 23.8. The lowest BCUT2D eigenvalue weighted by molar-refractivity contribution is 0.409. The smallest absolute Gasteiger partial charge is 0.131 e. The molecule has 4 aliphatic rings. The molecule has 68 heavy (non-hydrogen) atoms. The second-order valence-electron chi connectivity index (χ2n) is 18.6.